The summed E-state index contributed by atoms with van der Waals surface area (Å²) in [7, 11) is 0. The third-order valence-corrected chi connectivity index (χ3v) is 2.76. The van der Waals surface area contributed by atoms with E-state index in [0.717, 1.165) is 5.56 Å². The molecule has 0 heterocycles. The van der Waals surface area contributed by atoms with Crippen LogP contribution in [-0.2, 0) is 14.9 Å². The highest BCUT2D eigenvalue weighted by molar-refractivity contribution is 5.92. The number of carbonyl (C=O) groups is 1. The minimum Gasteiger partial charge on any atom is -0.463 e. The molecule has 0 spiro atoms. The van der Waals surface area contributed by atoms with Crippen LogP contribution in [0.1, 0.15) is 45.7 Å². The summed E-state index contributed by atoms with van der Waals surface area (Å²) in [5.41, 5.74) is 3.08. The summed E-state index contributed by atoms with van der Waals surface area (Å²) in [6, 6.07) is 8.27. The lowest BCUT2D eigenvalue weighted by molar-refractivity contribution is -0.138. The molecule has 0 aliphatic rings. The average molecular weight is 246 g/mol. The molecule has 2 heteroatoms. The van der Waals surface area contributed by atoms with E-state index >= 15 is 0 Å². The third kappa shape index (κ3) is 4.02. The van der Waals surface area contributed by atoms with Crippen molar-refractivity contribution in [2.24, 2.45) is 0 Å². The van der Waals surface area contributed by atoms with Gasteiger partial charge >= 0.3 is 5.97 Å². The van der Waals surface area contributed by atoms with Crippen molar-refractivity contribution >= 4 is 12.0 Å². The molecular formula is C16H22O2. The summed E-state index contributed by atoms with van der Waals surface area (Å²) >= 11 is 0. The Morgan fingerprint density at radius 1 is 1.22 bits per heavy atom. The molecule has 18 heavy (non-hydrogen) atoms. The van der Waals surface area contributed by atoms with Crippen LogP contribution < -0.4 is 0 Å². The first kappa shape index (κ1) is 14.5. The first-order valence-corrected chi connectivity index (χ1v) is 6.30. The standard InChI is InChI=1S/C16H22O2/c1-6-18-15(17)12(2)11-13-7-9-14(10-8-13)16(3,4)5/h7-11H,6H2,1-5H3. The number of hydrogen-bond acceptors (Lipinski definition) is 2. The first-order chi connectivity index (χ1) is 8.34. The molecule has 98 valence electrons. The summed E-state index contributed by atoms with van der Waals surface area (Å²) in [6.45, 7) is 10.5. The lowest BCUT2D eigenvalue weighted by Crippen LogP contribution is -2.10. The molecule has 0 saturated heterocycles. The summed E-state index contributed by atoms with van der Waals surface area (Å²) in [4.78, 5) is 11.5. The summed E-state index contributed by atoms with van der Waals surface area (Å²) in [5.74, 6) is -0.252. The van der Waals surface area contributed by atoms with Crippen LogP contribution >= 0.6 is 0 Å². The first-order valence-electron chi connectivity index (χ1n) is 6.30. The van der Waals surface area contributed by atoms with Crippen molar-refractivity contribution in [3.63, 3.8) is 0 Å². The highest BCUT2D eigenvalue weighted by Gasteiger charge is 2.12. The van der Waals surface area contributed by atoms with Crippen LogP contribution in [0.15, 0.2) is 29.8 Å². The summed E-state index contributed by atoms with van der Waals surface area (Å²) in [5, 5.41) is 0. The van der Waals surface area contributed by atoms with Gasteiger partial charge in [0, 0.05) is 5.57 Å². The van der Waals surface area contributed by atoms with Crippen LogP contribution in [0.5, 0.6) is 0 Å². The molecule has 2 nitrogen and oxygen atoms in total. The molecule has 0 radical (unpaired) electrons. The fourth-order valence-corrected chi connectivity index (χ4v) is 1.63. The van der Waals surface area contributed by atoms with Crippen LogP contribution in [0.25, 0.3) is 6.08 Å². The Hall–Kier alpha value is -1.57. The number of carbonyl (C=O) groups excluding carboxylic acids is 1. The zero-order chi connectivity index (χ0) is 13.8. The Bertz CT molecular complexity index is 433. The minimum atomic E-state index is -0.252. The summed E-state index contributed by atoms with van der Waals surface area (Å²) < 4.78 is 4.95. The fourth-order valence-electron chi connectivity index (χ4n) is 1.63. The zero-order valence-electron chi connectivity index (χ0n) is 11.9. The normalized spacial score (nSPS) is 12.4. The monoisotopic (exact) mass is 246 g/mol. The molecule has 0 aliphatic heterocycles. The van der Waals surface area contributed by atoms with E-state index in [2.05, 4.69) is 32.9 Å². The van der Waals surface area contributed by atoms with Crippen molar-refractivity contribution in [1.29, 1.82) is 0 Å². The molecule has 1 aromatic rings. The van der Waals surface area contributed by atoms with Gasteiger partial charge in [0.25, 0.3) is 0 Å². The maximum absolute atomic E-state index is 11.5. The van der Waals surface area contributed by atoms with Crippen molar-refractivity contribution in [3.05, 3.63) is 41.0 Å². The van der Waals surface area contributed by atoms with Gasteiger partial charge in [0.15, 0.2) is 0 Å². The molecule has 0 fully saturated rings. The van der Waals surface area contributed by atoms with Gasteiger partial charge in [0.2, 0.25) is 0 Å². The molecular weight excluding hydrogens is 224 g/mol. The van der Waals surface area contributed by atoms with Gasteiger partial charge in [-0.05, 0) is 36.5 Å². The van der Waals surface area contributed by atoms with Gasteiger partial charge in [0.1, 0.15) is 0 Å². The predicted octanol–water partition coefficient (Wildman–Crippen LogP) is 3.95. The number of esters is 1. The Morgan fingerprint density at radius 2 is 1.78 bits per heavy atom. The number of rotatable bonds is 3. The third-order valence-electron chi connectivity index (χ3n) is 2.76. The van der Waals surface area contributed by atoms with Gasteiger partial charge in [-0.2, -0.15) is 0 Å². The molecule has 0 N–H and O–H groups in total. The minimum absolute atomic E-state index is 0.151. The van der Waals surface area contributed by atoms with E-state index in [4.69, 9.17) is 4.74 Å². The molecule has 0 aliphatic carbocycles. The Kier molecular flexibility index (Phi) is 4.71. The van der Waals surface area contributed by atoms with Gasteiger partial charge in [-0.3, -0.25) is 0 Å². The quantitative estimate of drug-likeness (QED) is 0.596. The van der Waals surface area contributed by atoms with E-state index in [1.165, 1.54) is 5.56 Å². The van der Waals surface area contributed by atoms with E-state index < -0.39 is 0 Å². The molecule has 0 atom stereocenters. The SMILES string of the molecule is CCOC(=O)C(C)=Cc1ccc(C(C)(C)C)cc1. The molecule has 0 bridgehead atoms. The van der Waals surface area contributed by atoms with Gasteiger partial charge < -0.3 is 4.74 Å². The zero-order valence-corrected chi connectivity index (χ0v) is 11.9. The van der Waals surface area contributed by atoms with Crippen molar-refractivity contribution in [2.45, 2.75) is 40.0 Å². The molecule has 0 aromatic heterocycles. The van der Waals surface area contributed by atoms with Crippen LogP contribution in [0.3, 0.4) is 0 Å². The van der Waals surface area contributed by atoms with Crippen LogP contribution in [0.4, 0.5) is 0 Å². The second kappa shape index (κ2) is 5.85. The van der Waals surface area contributed by atoms with Crippen molar-refractivity contribution in [3.8, 4) is 0 Å². The largest absolute Gasteiger partial charge is 0.463 e. The highest BCUT2D eigenvalue weighted by atomic mass is 16.5. The van der Waals surface area contributed by atoms with Crippen LogP contribution in [0, 0.1) is 0 Å². The van der Waals surface area contributed by atoms with E-state index in [-0.39, 0.29) is 11.4 Å². The molecule has 1 aromatic carbocycles. The van der Waals surface area contributed by atoms with E-state index in [0.29, 0.717) is 12.2 Å². The maximum Gasteiger partial charge on any atom is 0.333 e. The summed E-state index contributed by atoms with van der Waals surface area (Å²) in [6.07, 6.45) is 1.85. The lowest BCUT2D eigenvalue weighted by atomic mass is 9.86. The second-order valence-corrected chi connectivity index (χ2v) is 5.42. The predicted molar refractivity (Wildman–Crippen MR) is 75.4 cm³/mol. The van der Waals surface area contributed by atoms with Gasteiger partial charge in [-0.25, -0.2) is 4.79 Å². The van der Waals surface area contributed by atoms with Crippen molar-refractivity contribution in [2.75, 3.05) is 6.61 Å². The smallest absolute Gasteiger partial charge is 0.333 e. The lowest BCUT2D eigenvalue weighted by Gasteiger charge is -2.18. The van der Waals surface area contributed by atoms with E-state index in [1.807, 2.05) is 25.1 Å². The average Bonchev–Trinajstić information content (AvgIpc) is 2.28. The van der Waals surface area contributed by atoms with Gasteiger partial charge in [0.05, 0.1) is 6.61 Å². The topological polar surface area (TPSA) is 26.3 Å². The Morgan fingerprint density at radius 3 is 2.22 bits per heavy atom. The maximum atomic E-state index is 11.5. The highest BCUT2D eigenvalue weighted by Crippen LogP contribution is 2.22. The van der Waals surface area contributed by atoms with Crippen LogP contribution in [-0.4, -0.2) is 12.6 Å². The molecule has 0 unspecified atom stereocenters. The second-order valence-electron chi connectivity index (χ2n) is 5.42. The molecule has 1 rings (SSSR count). The van der Waals surface area contributed by atoms with Gasteiger partial charge in [-0.1, -0.05) is 45.0 Å². The Labute approximate surface area is 110 Å². The number of hydrogen-bond donors (Lipinski definition) is 0. The van der Waals surface area contributed by atoms with Crippen LogP contribution in [0.2, 0.25) is 0 Å². The van der Waals surface area contributed by atoms with Crippen molar-refractivity contribution < 1.29 is 9.53 Å². The van der Waals surface area contributed by atoms with E-state index in [9.17, 15) is 4.79 Å². The van der Waals surface area contributed by atoms with Gasteiger partial charge in [-0.15, -0.1) is 0 Å². The fraction of sp³-hybridized carbons (Fsp3) is 0.438. The number of benzene rings is 1. The Balaban J connectivity index is 2.87. The molecule has 0 saturated carbocycles. The molecule has 0 amide bonds. The van der Waals surface area contributed by atoms with E-state index in [1.54, 1.807) is 6.92 Å². The van der Waals surface area contributed by atoms with Crippen molar-refractivity contribution in [1.82, 2.24) is 0 Å². The number of ether oxygens (including phenoxy) is 1.